The third-order valence-corrected chi connectivity index (χ3v) is 1.25. The first-order chi connectivity index (χ1) is 5.33. The molecule has 0 radical (unpaired) electrons. The van der Waals surface area contributed by atoms with Crippen LogP contribution in [0, 0.1) is 6.92 Å². The molecule has 0 bridgehead atoms. The van der Waals surface area contributed by atoms with Crippen LogP contribution in [0.3, 0.4) is 0 Å². The van der Waals surface area contributed by atoms with Gasteiger partial charge >= 0.3 is 0 Å². The summed E-state index contributed by atoms with van der Waals surface area (Å²) in [5.41, 5.74) is 9.09. The average molecular weight is 151 g/mol. The molecule has 0 aliphatic carbocycles. The van der Waals surface area contributed by atoms with Gasteiger partial charge in [0.25, 0.3) is 0 Å². The van der Waals surface area contributed by atoms with Crippen LogP contribution in [0.1, 0.15) is 5.56 Å². The standard InChI is InChI=1S/C6H9N5/c1-6-4-9-11(5-6)3-2-8-10-7/h4-5H,2-3H2,1H3. The molecule has 1 rings (SSSR count). The molecule has 0 spiro atoms. The number of nitrogens with zero attached hydrogens (tertiary/aromatic N) is 5. The lowest BCUT2D eigenvalue weighted by Crippen LogP contribution is -2.00. The van der Waals surface area contributed by atoms with Crippen LogP contribution >= 0.6 is 0 Å². The van der Waals surface area contributed by atoms with Crippen LogP contribution in [0.4, 0.5) is 0 Å². The van der Waals surface area contributed by atoms with E-state index in [-0.39, 0.29) is 0 Å². The number of azide groups is 1. The van der Waals surface area contributed by atoms with E-state index in [1.807, 2.05) is 13.1 Å². The average Bonchev–Trinajstić information content (AvgIpc) is 2.37. The molecule has 0 amide bonds. The normalized spacial score (nSPS) is 9.18. The molecule has 11 heavy (non-hydrogen) atoms. The van der Waals surface area contributed by atoms with Crippen molar-refractivity contribution in [2.45, 2.75) is 13.5 Å². The Hall–Kier alpha value is -1.48. The molecule has 0 unspecified atom stereocenters. The quantitative estimate of drug-likeness (QED) is 0.366. The van der Waals surface area contributed by atoms with Gasteiger partial charge in [0, 0.05) is 24.2 Å². The van der Waals surface area contributed by atoms with Crippen LogP contribution in [0.15, 0.2) is 17.5 Å². The SMILES string of the molecule is Cc1cnn(CCN=[N+]=[N-])c1. The van der Waals surface area contributed by atoms with Crippen LogP contribution in [-0.2, 0) is 6.54 Å². The molecule has 5 nitrogen and oxygen atoms in total. The van der Waals surface area contributed by atoms with Gasteiger partial charge in [-0.15, -0.1) is 0 Å². The largest absolute Gasteiger partial charge is 0.272 e. The third kappa shape index (κ3) is 2.31. The Balaban J connectivity index is 2.44. The number of hydrogen-bond acceptors (Lipinski definition) is 2. The van der Waals surface area contributed by atoms with Crippen molar-refractivity contribution in [3.8, 4) is 0 Å². The van der Waals surface area contributed by atoms with Gasteiger partial charge in [-0.25, -0.2) is 0 Å². The fourth-order valence-corrected chi connectivity index (χ4v) is 0.781. The number of hydrogen-bond donors (Lipinski definition) is 0. The molecule has 0 saturated carbocycles. The summed E-state index contributed by atoms with van der Waals surface area (Å²) >= 11 is 0. The topological polar surface area (TPSA) is 66.6 Å². The summed E-state index contributed by atoms with van der Waals surface area (Å²) in [6.45, 7) is 3.08. The lowest BCUT2D eigenvalue weighted by Gasteiger charge is -1.93. The van der Waals surface area contributed by atoms with Gasteiger partial charge < -0.3 is 0 Å². The highest BCUT2D eigenvalue weighted by molar-refractivity contribution is 4.99. The Labute approximate surface area is 64.3 Å². The molecule has 0 atom stereocenters. The van der Waals surface area contributed by atoms with Gasteiger partial charge in [0.05, 0.1) is 6.20 Å². The molecular weight excluding hydrogens is 142 g/mol. The summed E-state index contributed by atoms with van der Waals surface area (Å²) in [4.78, 5) is 2.64. The van der Waals surface area contributed by atoms with Gasteiger partial charge in [0.2, 0.25) is 0 Å². The summed E-state index contributed by atoms with van der Waals surface area (Å²) in [6, 6.07) is 0. The van der Waals surface area contributed by atoms with E-state index in [0.717, 1.165) is 5.56 Å². The first kappa shape index (κ1) is 7.63. The van der Waals surface area contributed by atoms with Crippen molar-refractivity contribution in [3.63, 3.8) is 0 Å². The first-order valence-corrected chi connectivity index (χ1v) is 3.33. The summed E-state index contributed by atoms with van der Waals surface area (Å²) in [6.07, 6.45) is 3.68. The number of aromatic nitrogens is 2. The highest BCUT2D eigenvalue weighted by Crippen LogP contribution is 1.93. The van der Waals surface area contributed by atoms with Gasteiger partial charge in [-0.2, -0.15) is 5.10 Å². The number of aryl methyl sites for hydroxylation is 1. The Kier molecular flexibility index (Phi) is 2.52. The molecule has 0 aliphatic rings. The van der Waals surface area contributed by atoms with E-state index in [0.29, 0.717) is 13.1 Å². The Morgan fingerprint density at radius 1 is 1.82 bits per heavy atom. The van der Waals surface area contributed by atoms with E-state index in [1.54, 1.807) is 10.9 Å². The Bertz CT molecular complexity index is 270. The smallest absolute Gasteiger partial charge is 0.0518 e. The van der Waals surface area contributed by atoms with Crippen LogP contribution in [0.2, 0.25) is 0 Å². The molecule has 0 N–H and O–H groups in total. The van der Waals surface area contributed by atoms with Crippen LogP contribution in [0.25, 0.3) is 10.4 Å². The molecule has 0 fully saturated rings. The zero-order valence-electron chi connectivity index (χ0n) is 6.30. The Morgan fingerprint density at radius 3 is 3.18 bits per heavy atom. The van der Waals surface area contributed by atoms with Gasteiger partial charge in [-0.1, -0.05) is 5.11 Å². The minimum atomic E-state index is 0.456. The fraction of sp³-hybridized carbons (Fsp3) is 0.500. The summed E-state index contributed by atoms with van der Waals surface area (Å²) in [5, 5.41) is 7.42. The van der Waals surface area contributed by atoms with E-state index in [2.05, 4.69) is 15.1 Å². The first-order valence-electron chi connectivity index (χ1n) is 3.33. The van der Waals surface area contributed by atoms with Crippen molar-refractivity contribution in [1.29, 1.82) is 0 Å². The second kappa shape index (κ2) is 3.63. The molecule has 1 heterocycles. The zero-order valence-corrected chi connectivity index (χ0v) is 6.30. The molecule has 5 heteroatoms. The maximum absolute atomic E-state index is 7.98. The molecule has 58 valence electrons. The van der Waals surface area contributed by atoms with Crippen molar-refractivity contribution < 1.29 is 0 Å². The molecule has 1 aromatic heterocycles. The van der Waals surface area contributed by atoms with Crippen molar-refractivity contribution in [2.75, 3.05) is 6.54 Å². The molecule has 0 aromatic carbocycles. The maximum Gasteiger partial charge on any atom is 0.0518 e. The molecule has 1 aromatic rings. The second-order valence-electron chi connectivity index (χ2n) is 2.24. The predicted molar refractivity (Wildman–Crippen MR) is 41.0 cm³/mol. The van der Waals surface area contributed by atoms with Crippen molar-refractivity contribution >= 4 is 0 Å². The minimum Gasteiger partial charge on any atom is -0.272 e. The van der Waals surface area contributed by atoms with Crippen molar-refractivity contribution in [3.05, 3.63) is 28.4 Å². The molecule has 0 aliphatic heterocycles. The summed E-state index contributed by atoms with van der Waals surface area (Å²) in [5.74, 6) is 0. The van der Waals surface area contributed by atoms with Crippen LogP contribution in [0.5, 0.6) is 0 Å². The van der Waals surface area contributed by atoms with Gasteiger partial charge in [-0.05, 0) is 18.0 Å². The second-order valence-corrected chi connectivity index (χ2v) is 2.24. The lowest BCUT2D eigenvalue weighted by atomic mass is 10.4. The monoisotopic (exact) mass is 151 g/mol. The predicted octanol–water partition coefficient (Wildman–Crippen LogP) is 1.50. The third-order valence-electron chi connectivity index (χ3n) is 1.25. The highest BCUT2D eigenvalue weighted by atomic mass is 15.3. The van der Waals surface area contributed by atoms with E-state index >= 15 is 0 Å². The lowest BCUT2D eigenvalue weighted by molar-refractivity contribution is 0.623. The minimum absolute atomic E-state index is 0.456. The fourth-order valence-electron chi connectivity index (χ4n) is 0.781. The van der Waals surface area contributed by atoms with Gasteiger partial charge in [-0.3, -0.25) is 4.68 Å². The van der Waals surface area contributed by atoms with E-state index < -0.39 is 0 Å². The van der Waals surface area contributed by atoms with Crippen molar-refractivity contribution in [1.82, 2.24) is 9.78 Å². The number of rotatable bonds is 3. The summed E-state index contributed by atoms with van der Waals surface area (Å²) in [7, 11) is 0. The van der Waals surface area contributed by atoms with E-state index in [4.69, 9.17) is 5.53 Å². The molecular formula is C6H9N5. The van der Waals surface area contributed by atoms with Crippen LogP contribution < -0.4 is 0 Å². The highest BCUT2D eigenvalue weighted by Gasteiger charge is 1.90. The van der Waals surface area contributed by atoms with E-state index in [1.165, 1.54) is 0 Å². The summed E-state index contributed by atoms with van der Waals surface area (Å²) < 4.78 is 1.75. The van der Waals surface area contributed by atoms with E-state index in [9.17, 15) is 0 Å². The zero-order chi connectivity index (χ0) is 8.10. The van der Waals surface area contributed by atoms with Crippen molar-refractivity contribution in [2.24, 2.45) is 5.11 Å². The van der Waals surface area contributed by atoms with Gasteiger partial charge in [0.15, 0.2) is 0 Å². The van der Waals surface area contributed by atoms with Crippen LogP contribution in [-0.4, -0.2) is 16.3 Å². The maximum atomic E-state index is 7.98. The molecule has 0 saturated heterocycles. The Morgan fingerprint density at radius 2 is 2.64 bits per heavy atom. The van der Waals surface area contributed by atoms with Gasteiger partial charge in [0.1, 0.15) is 0 Å².